The molecule has 3 aliphatic rings. The van der Waals surface area contributed by atoms with Crippen molar-refractivity contribution in [1.29, 1.82) is 0 Å². The number of hydrogen-bond donors (Lipinski definition) is 1. The van der Waals surface area contributed by atoms with Crippen molar-refractivity contribution < 1.29 is 58.2 Å². The van der Waals surface area contributed by atoms with Crippen molar-refractivity contribution >= 4 is 21.7 Å². The third-order valence-corrected chi connectivity index (χ3v) is 12.4. The van der Waals surface area contributed by atoms with Gasteiger partial charge in [-0.25, -0.2) is 17.2 Å². The number of sulfone groups is 1. The summed E-state index contributed by atoms with van der Waals surface area (Å²) >= 11 is 0. The number of carboxylic acid groups (broad SMARTS) is 1. The Bertz CT molecular complexity index is 1600. The van der Waals surface area contributed by atoms with Crippen LogP contribution < -0.4 is 0 Å². The number of alkyl halides is 7. The van der Waals surface area contributed by atoms with Crippen LogP contribution in [0.3, 0.4) is 0 Å². The number of halogens is 8. The maximum Gasteiger partial charge on any atom is 0.435 e. The second kappa shape index (κ2) is 10.9. The molecule has 0 radical (unpaired) electrons. The summed E-state index contributed by atoms with van der Waals surface area (Å²) in [7, 11) is -4.61. The first kappa shape index (κ1) is 33.1. The maximum absolute atomic E-state index is 15.2. The number of carbonyl (C=O) groups is 2. The number of aliphatic carboxylic acids is 1. The van der Waals surface area contributed by atoms with E-state index in [0.717, 1.165) is 37.3 Å². The van der Waals surface area contributed by atoms with Gasteiger partial charge < -0.3 is 10.0 Å². The van der Waals surface area contributed by atoms with E-state index in [4.69, 9.17) is 0 Å². The van der Waals surface area contributed by atoms with E-state index in [2.05, 4.69) is 0 Å². The van der Waals surface area contributed by atoms with Gasteiger partial charge in [0.15, 0.2) is 9.84 Å². The lowest BCUT2D eigenvalue weighted by molar-refractivity contribution is -0.348. The van der Waals surface area contributed by atoms with E-state index in [-0.39, 0.29) is 67.5 Å². The minimum atomic E-state index is -6.38. The number of benzene rings is 2. The van der Waals surface area contributed by atoms with Gasteiger partial charge in [0.1, 0.15) is 10.6 Å². The van der Waals surface area contributed by atoms with Gasteiger partial charge in [-0.05, 0) is 92.8 Å². The average Bonchev–Trinajstić information content (AvgIpc) is 3.37. The van der Waals surface area contributed by atoms with Crippen LogP contribution in [0.1, 0.15) is 60.8 Å². The second-order valence-corrected chi connectivity index (χ2v) is 14.2. The number of nitrogens with zero attached hydrogens (tertiary/aromatic N) is 1. The molecule has 1 amide bonds. The molecule has 6 nitrogen and oxygen atoms in total. The van der Waals surface area contributed by atoms with Crippen LogP contribution in [0.2, 0.25) is 0 Å². The molecule has 5 rings (SSSR count). The highest BCUT2D eigenvalue weighted by molar-refractivity contribution is 7.92. The molecule has 15 heteroatoms. The minimum absolute atomic E-state index is 0.124. The molecule has 1 saturated heterocycles. The van der Waals surface area contributed by atoms with Crippen molar-refractivity contribution in [3.8, 4) is 0 Å². The van der Waals surface area contributed by atoms with Crippen LogP contribution in [0, 0.1) is 24.6 Å². The SMILES string of the molecule is Cc1c(C(F)(C(F)(F)F)C(F)(F)F)ccc2c1CC[C@H]1N(C(=O)C3CCC(C(=O)O)CC3)CC[C@@]21S(=O)(=O)c1ccc(F)cc1. The summed E-state index contributed by atoms with van der Waals surface area (Å²) in [5.74, 6) is -3.40. The van der Waals surface area contributed by atoms with Gasteiger partial charge in [-0.3, -0.25) is 9.59 Å². The fraction of sp³-hybridized carbons (Fsp3) is 0.533. The number of rotatable bonds is 5. The standard InChI is InChI=1S/C30H29F8NO5S/c1-16-21-10-13-24-27(45(43,44)20-8-6-19(31)7-9-20,14-15-39(24)25(40)17-2-4-18(5-3-17)26(41)42)23(21)12-11-22(16)28(32,29(33,34)35)30(36,37)38/h6-9,11-12,17-18,24H,2-5,10,13-15H2,1H3,(H,41,42)/t17?,18?,24-,27-/m1/s1. The monoisotopic (exact) mass is 667 g/mol. The van der Waals surface area contributed by atoms with Crippen molar-refractivity contribution in [3.05, 3.63) is 64.5 Å². The Kier molecular flexibility index (Phi) is 8.06. The molecule has 1 aliphatic heterocycles. The Morgan fingerprint density at radius 1 is 0.867 bits per heavy atom. The predicted molar refractivity (Wildman–Crippen MR) is 143 cm³/mol. The average molecular weight is 668 g/mol. The first-order chi connectivity index (χ1) is 20.8. The highest BCUT2D eigenvalue weighted by Gasteiger charge is 2.74. The van der Waals surface area contributed by atoms with Gasteiger partial charge in [0.2, 0.25) is 5.91 Å². The van der Waals surface area contributed by atoms with Crippen LogP contribution in [-0.2, 0) is 36.3 Å². The second-order valence-electron chi connectivity index (χ2n) is 12.0. The normalized spacial score (nSPS) is 25.9. The molecule has 1 saturated carbocycles. The smallest absolute Gasteiger partial charge is 0.435 e. The van der Waals surface area contributed by atoms with E-state index in [1.807, 2.05) is 0 Å². The van der Waals surface area contributed by atoms with Crippen molar-refractivity contribution in [1.82, 2.24) is 4.90 Å². The number of amides is 1. The predicted octanol–water partition coefficient (Wildman–Crippen LogP) is 6.53. The molecule has 2 atom stereocenters. The van der Waals surface area contributed by atoms with Crippen LogP contribution >= 0.6 is 0 Å². The van der Waals surface area contributed by atoms with E-state index in [1.165, 1.54) is 4.90 Å². The van der Waals surface area contributed by atoms with Gasteiger partial charge >= 0.3 is 24.0 Å². The van der Waals surface area contributed by atoms with Gasteiger partial charge in [0.25, 0.3) is 0 Å². The largest absolute Gasteiger partial charge is 0.481 e. The fourth-order valence-corrected chi connectivity index (χ4v) is 9.89. The number of hydrogen-bond acceptors (Lipinski definition) is 4. The third-order valence-electron chi connectivity index (χ3n) is 9.83. The molecule has 246 valence electrons. The molecule has 0 unspecified atom stereocenters. The van der Waals surface area contributed by atoms with E-state index in [0.29, 0.717) is 6.07 Å². The number of likely N-dealkylation sites (tertiary alicyclic amines) is 1. The van der Waals surface area contributed by atoms with Gasteiger partial charge in [-0.1, -0.05) is 12.1 Å². The molecule has 0 bridgehead atoms. The van der Waals surface area contributed by atoms with Crippen molar-refractivity contribution in [2.75, 3.05) is 6.54 Å². The molecular weight excluding hydrogens is 638 g/mol. The number of carbonyl (C=O) groups excluding carboxylic acids is 1. The Balaban J connectivity index is 1.66. The van der Waals surface area contributed by atoms with Crippen molar-refractivity contribution in [2.45, 2.75) is 85.6 Å². The number of fused-ring (bicyclic) bond motifs is 3. The quantitative estimate of drug-likeness (QED) is 0.289. The van der Waals surface area contributed by atoms with Crippen molar-refractivity contribution in [3.63, 3.8) is 0 Å². The Hall–Kier alpha value is -3.23. The van der Waals surface area contributed by atoms with Crippen LogP contribution in [0.5, 0.6) is 0 Å². The maximum atomic E-state index is 15.2. The topological polar surface area (TPSA) is 91.8 Å². The lowest BCUT2D eigenvalue weighted by atomic mass is 9.74. The molecule has 1 N–H and O–H groups in total. The summed E-state index contributed by atoms with van der Waals surface area (Å²) in [5, 5.41) is 9.32. The highest BCUT2D eigenvalue weighted by atomic mass is 32.2. The molecular formula is C30H29F8NO5S. The van der Waals surface area contributed by atoms with Gasteiger partial charge in [0.05, 0.1) is 16.9 Å². The summed E-state index contributed by atoms with van der Waals surface area (Å²) in [6, 6.07) is 3.75. The van der Waals surface area contributed by atoms with E-state index in [9.17, 15) is 53.8 Å². The Morgan fingerprint density at radius 2 is 1.42 bits per heavy atom. The molecule has 2 fully saturated rings. The molecule has 1 heterocycles. The first-order valence-corrected chi connectivity index (χ1v) is 15.8. The molecule has 45 heavy (non-hydrogen) atoms. The summed E-state index contributed by atoms with van der Waals surface area (Å²) in [4.78, 5) is 26.2. The lowest BCUT2D eigenvalue weighted by Crippen LogP contribution is -2.54. The van der Waals surface area contributed by atoms with Crippen LogP contribution in [-0.4, -0.2) is 55.2 Å². The van der Waals surface area contributed by atoms with Crippen LogP contribution in [0.4, 0.5) is 35.1 Å². The Morgan fingerprint density at radius 3 is 1.96 bits per heavy atom. The van der Waals surface area contributed by atoms with Crippen LogP contribution in [0.25, 0.3) is 0 Å². The fourth-order valence-electron chi connectivity index (χ4n) is 7.53. The molecule has 2 aromatic rings. The summed E-state index contributed by atoms with van der Waals surface area (Å²) < 4.78 is 138. The molecule has 0 spiro atoms. The van der Waals surface area contributed by atoms with Crippen LogP contribution in [0.15, 0.2) is 41.3 Å². The van der Waals surface area contributed by atoms with E-state index in [1.54, 1.807) is 0 Å². The minimum Gasteiger partial charge on any atom is -0.481 e. The van der Waals surface area contributed by atoms with Gasteiger partial charge in [-0.2, -0.15) is 26.3 Å². The first-order valence-electron chi connectivity index (χ1n) is 14.3. The molecule has 2 aromatic carbocycles. The van der Waals surface area contributed by atoms with Crippen molar-refractivity contribution in [2.24, 2.45) is 11.8 Å². The zero-order valence-electron chi connectivity index (χ0n) is 23.8. The summed E-state index contributed by atoms with van der Waals surface area (Å²) in [5.41, 5.74) is -8.46. The number of carboxylic acids is 1. The zero-order valence-corrected chi connectivity index (χ0v) is 24.6. The molecule has 0 aromatic heterocycles. The third kappa shape index (κ3) is 4.91. The molecule has 2 aliphatic carbocycles. The van der Waals surface area contributed by atoms with Gasteiger partial charge in [-0.15, -0.1) is 0 Å². The summed E-state index contributed by atoms with van der Waals surface area (Å²) in [6.45, 7) is 0.762. The Labute approximate surface area is 253 Å². The summed E-state index contributed by atoms with van der Waals surface area (Å²) in [6.07, 6.45) is -12.5. The van der Waals surface area contributed by atoms with E-state index < -0.39 is 79.3 Å². The lowest BCUT2D eigenvalue weighted by Gasteiger charge is -2.44. The van der Waals surface area contributed by atoms with E-state index >= 15 is 4.39 Å². The highest BCUT2D eigenvalue weighted by Crippen LogP contribution is 2.58. The zero-order chi connectivity index (χ0) is 33.3. The van der Waals surface area contributed by atoms with Gasteiger partial charge in [0, 0.05) is 18.0 Å².